The Morgan fingerprint density at radius 2 is 1.93 bits per heavy atom. The quantitative estimate of drug-likeness (QED) is 0.652. The second kappa shape index (κ2) is 7.30. The molecule has 1 saturated heterocycles. The third kappa shape index (κ3) is 3.28. The number of hydrogen-bond acceptors (Lipinski definition) is 6. The number of aryl methyl sites for hydroxylation is 4. The van der Waals surface area contributed by atoms with Crippen LogP contribution >= 0.6 is 0 Å². The molecule has 1 fully saturated rings. The number of fused-ring (bicyclic) bond motifs is 2. The minimum Gasteiger partial charge on any atom is -0.331 e. The molecule has 0 radical (unpaired) electrons. The molecular weight excluding hydrogens is 382 g/mol. The van der Waals surface area contributed by atoms with Gasteiger partial charge < -0.3 is 4.90 Å². The van der Waals surface area contributed by atoms with Gasteiger partial charge in [0.2, 0.25) is 5.82 Å². The van der Waals surface area contributed by atoms with Gasteiger partial charge in [-0.1, -0.05) is 0 Å². The fraction of sp³-hybridized carbons (Fsp3) is 0.524. The number of aromatic nitrogens is 6. The molecular formula is C21H25N7O2. The summed E-state index contributed by atoms with van der Waals surface area (Å²) in [7, 11) is 0. The Hall–Kier alpha value is -3.10. The van der Waals surface area contributed by atoms with Crippen LogP contribution in [0.3, 0.4) is 0 Å². The van der Waals surface area contributed by atoms with E-state index in [0.29, 0.717) is 18.9 Å². The second-order valence-electron chi connectivity index (χ2n) is 8.32. The number of rotatable bonds is 3. The lowest BCUT2D eigenvalue weighted by atomic mass is 9.97. The van der Waals surface area contributed by atoms with Crippen LogP contribution in [-0.4, -0.2) is 52.8 Å². The molecule has 3 aromatic rings. The lowest BCUT2D eigenvalue weighted by molar-refractivity contribution is 0.0708. The minimum absolute atomic E-state index is 0.0869. The average molecular weight is 407 g/mol. The van der Waals surface area contributed by atoms with E-state index in [1.807, 2.05) is 19.9 Å². The van der Waals surface area contributed by atoms with Crippen molar-refractivity contribution in [2.45, 2.75) is 65.0 Å². The maximum Gasteiger partial charge on any atom is 0.293 e. The van der Waals surface area contributed by atoms with Gasteiger partial charge in [0, 0.05) is 24.0 Å². The highest BCUT2D eigenvalue weighted by Crippen LogP contribution is 2.22. The van der Waals surface area contributed by atoms with Gasteiger partial charge in [0.15, 0.2) is 0 Å². The third-order valence-electron chi connectivity index (χ3n) is 6.11. The molecule has 9 nitrogen and oxygen atoms in total. The number of carbonyl (C=O) groups excluding carboxylic acids is 1. The Morgan fingerprint density at radius 1 is 1.10 bits per heavy atom. The van der Waals surface area contributed by atoms with E-state index in [4.69, 9.17) is 0 Å². The Balaban J connectivity index is 1.41. The van der Waals surface area contributed by atoms with E-state index in [-0.39, 0.29) is 23.3 Å². The Morgan fingerprint density at radius 3 is 2.80 bits per heavy atom. The first kappa shape index (κ1) is 18.9. The van der Waals surface area contributed by atoms with Crippen molar-refractivity contribution in [2.75, 3.05) is 6.54 Å². The molecule has 0 bridgehead atoms. The topological polar surface area (TPSA) is 98.3 Å². The summed E-state index contributed by atoms with van der Waals surface area (Å²) >= 11 is 0. The maximum absolute atomic E-state index is 13.2. The van der Waals surface area contributed by atoms with E-state index in [0.717, 1.165) is 61.2 Å². The average Bonchev–Trinajstić information content (AvgIpc) is 3.35. The molecule has 1 aliphatic heterocycles. The zero-order valence-electron chi connectivity index (χ0n) is 17.3. The first-order valence-electron chi connectivity index (χ1n) is 10.6. The maximum atomic E-state index is 13.2. The van der Waals surface area contributed by atoms with Crippen molar-refractivity contribution in [3.8, 4) is 0 Å². The van der Waals surface area contributed by atoms with Crippen molar-refractivity contribution < 1.29 is 4.79 Å². The van der Waals surface area contributed by atoms with Crippen LogP contribution < -0.4 is 5.56 Å². The SMILES string of the molecule is Cc1cc(C)n2nc(C(=O)N3CCCC3Cn3nc4c(cc3=O)CCCC4)nc2n1. The molecule has 3 aromatic heterocycles. The summed E-state index contributed by atoms with van der Waals surface area (Å²) in [5.41, 5.74) is 3.73. The monoisotopic (exact) mass is 407 g/mol. The summed E-state index contributed by atoms with van der Waals surface area (Å²) in [5, 5.41) is 9.00. The zero-order chi connectivity index (χ0) is 20.8. The van der Waals surface area contributed by atoms with Crippen LogP contribution in [0, 0.1) is 13.8 Å². The van der Waals surface area contributed by atoms with Crippen LogP contribution in [0.5, 0.6) is 0 Å². The van der Waals surface area contributed by atoms with Crippen molar-refractivity contribution in [3.05, 3.63) is 51.0 Å². The molecule has 1 amide bonds. The fourth-order valence-corrected chi connectivity index (χ4v) is 4.61. The molecule has 0 saturated carbocycles. The van der Waals surface area contributed by atoms with Gasteiger partial charge in [-0.3, -0.25) is 9.59 Å². The van der Waals surface area contributed by atoms with Crippen molar-refractivity contribution in [2.24, 2.45) is 0 Å². The summed E-state index contributed by atoms with van der Waals surface area (Å²) in [4.78, 5) is 36.3. The van der Waals surface area contributed by atoms with Crippen molar-refractivity contribution in [1.29, 1.82) is 0 Å². The van der Waals surface area contributed by atoms with E-state index in [2.05, 4.69) is 20.2 Å². The number of carbonyl (C=O) groups is 1. The molecule has 2 aliphatic rings. The molecule has 1 unspecified atom stereocenters. The summed E-state index contributed by atoms with van der Waals surface area (Å²) in [6, 6.07) is 3.54. The number of amides is 1. The van der Waals surface area contributed by atoms with Gasteiger partial charge in [-0.15, -0.1) is 5.10 Å². The smallest absolute Gasteiger partial charge is 0.293 e. The molecule has 30 heavy (non-hydrogen) atoms. The van der Waals surface area contributed by atoms with Crippen molar-refractivity contribution in [1.82, 2.24) is 34.3 Å². The number of likely N-dealkylation sites (tertiary alicyclic amines) is 1. The normalized spacial score (nSPS) is 18.7. The predicted molar refractivity (Wildman–Crippen MR) is 109 cm³/mol. The lowest BCUT2D eigenvalue weighted by Gasteiger charge is -2.24. The second-order valence-corrected chi connectivity index (χ2v) is 8.32. The summed E-state index contributed by atoms with van der Waals surface area (Å²) in [5.74, 6) is 0.360. The standard InChI is InChI=1S/C21H25N7O2/c1-13-10-14(2)28-21(22-13)23-19(25-28)20(30)26-9-5-7-16(26)12-27-18(29)11-15-6-3-4-8-17(15)24-27/h10-11,16H,3-9,12H2,1-2H3. The van der Waals surface area contributed by atoms with E-state index < -0.39 is 0 Å². The fourth-order valence-electron chi connectivity index (χ4n) is 4.61. The number of hydrogen-bond donors (Lipinski definition) is 0. The Labute approximate surface area is 173 Å². The van der Waals surface area contributed by atoms with Crippen LogP contribution in [0.1, 0.15) is 58.9 Å². The van der Waals surface area contributed by atoms with Crippen LogP contribution in [-0.2, 0) is 19.4 Å². The molecule has 0 spiro atoms. The third-order valence-corrected chi connectivity index (χ3v) is 6.11. The van der Waals surface area contributed by atoms with E-state index in [1.165, 1.54) is 4.68 Å². The largest absolute Gasteiger partial charge is 0.331 e. The zero-order valence-corrected chi connectivity index (χ0v) is 17.3. The summed E-state index contributed by atoms with van der Waals surface area (Å²) in [6.45, 7) is 4.84. The lowest BCUT2D eigenvalue weighted by Crippen LogP contribution is -2.41. The number of nitrogens with zero attached hydrogens (tertiary/aromatic N) is 7. The van der Waals surface area contributed by atoms with Gasteiger partial charge in [-0.25, -0.2) is 14.2 Å². The van der Waals surface area contributed by atoms with Gasteiger partial charge >= 0.3 is 0 Å². The van der Waals surface area contributed by atoms with Crippen molar-refractivity contribution in [3.63, 3.8) is 0 Å². The minimum atomic E-state index is -0.217. The molecule has 156 valence electrons. The van der Waals surface area contributed by atoms with Gasteiger partial charge in [-0.2, -0.15) is 10.1 Å². The van der Waals surface area contributed by atoms with Gasteiger partial charge in [0.1, 0.15) is 0 Å². The Kier molecular flexibility index (Phi) is 4.60. The predicted octanol–water partition coefficient (Wildman–Crippen LogP) is 1.48. The molecule has 5 rings (SSSR count). The van der Waals surface area contributed by atoms with Crippen LogP contribution in [0.15, 0.2) is 16.9 Å². The van der Waals surface area contributed by atoms with Crippen molar-refractivity contribution >= 4 is 11.7 Å². The Bertz CT molecular complexity index is 1200. The van der Waals surface area contributed by atoms with Crippen LogP contribution in [0.25, 0.3) is 5.78 Å². The highest BCUT2D eigenvalue weighted by atomic mass is 16.2. The molecule has 1 aliphatic carbocycles. The van der Waals surface area contributed by atoms with E-state index in [1.54, 1.807) is 15.5 Å². The first-order chi connectivity index (χ1) is 14.5. The van der Waals surface area contributed by atoms with Gasteiger partial charge in [-0.05, 0) is 64.0 Å². The first-order valence-corrected chi connectivity index (χ1v) is 10.6. The van der Waals surface area contributed by atoms with Gasteiger partial charge in [0.05, 0.1) is 18.3 Å². The molecule has 0 aromatic carbocycles. The highest BCUT2D eigenvalue weighted by Gasteiger charge is 2.32. The summed E-state index contributed by atoms with van der Waals surface area (Å²) < 4.78 is 3.13. The summed E-state index contributed by atoms with van der Waals surface area (Å²) in [6.07, 6.45) is 5.79. The van der Waals surface area contributed by atoms with Gasteiger partial charge in [0.25, 0.3) is 17.2 Å². The van der Waals surface area contributed by atoms with E-state index in [9.17, 15) is 9.59 Å². The van der Waals surface area contributed by atoms with Crippen LogP contribution in [0.4, 0.5) is 0 Å². The van der Waals surface area contributed by atoms with E-state index >= 15 is 0 Å². The highest BCUT2D eigenvalue weighted by molar-refractivity contribution is 5.91. The molecule has 0 N–H and O–H groups in total. The molecule has 1 atom stereocenters. The van der Waals surface area contributed by atoms with Crippen LogP contribution in [0.2, 0.25) is 0 Å². The molecule has 4 heterocycles. The molecule has 9 heteroatoms.